The summed E-state index contributed by atoms with van der Waals surface area (Å²) in [6.45, 7) is 6.48. The third-order valence-corrected chi connectivity index (χ3v) is 6.63. The lowest BCUT2D eigenvalue weighted by Crippen LogP contribution is -2.49. The van der Waals surface area contributed by atoms with E-state index in [0.29, 0.717) is 17.9 Å². The number of nitro groups is 1. The van der Waals surface area contributed by atoms with Crippen molar-refractivity contribution in [3.05, 3.63) is 58.6 Å². The fraction of sp³-hybridized carbons (Fsp3) is 0.400. The van der Waals surface area contributed by atoms with Crippen LogP contribution in [0.3, 0.4) is 0 Å². The van der Waals surface area contributed by atoms with Gasteiger partial charge in [0, 0.05) is 50.5 Å². The van der Waals surface area contributed by atoms with Crippen LogP contribution in [0.15, 0.2) is 53.4 Å². The van der Waals surface area contributed by atoms with E-state index in [0.717, 1.165) is 32.2 Å². The molecule has 0 bridgehead atoms. The first kappa shape index (κ1) is 22.0. The number of rotatable bonds is 8. The predicted octanol–water partition coefficient (Wildman–Crippen LogP) is 2.44. The average Bonchev–Trinajstić information content (AvgIpc) is 2.72. The number of nitro benzene ring substituents is 1. The molecular formula is C20H27N5O4S. The lowest BCUT2D eigenvalue weighted by Gasteiger charge is -2.36. The summed E-state index contributed by atoms with van der Waals surface area (Å²) in [7, 11) is -1.85. The van der Waals surface area contributed by atoms with E-state index in [1.54, 1.807) is 30.3 Å². The molecule has 162 valence electrons. The molecule has 1 fully saturated rings. The highest BCUT2D eigenvalue weighted by Crippen LogP contribution is 2.28. The summed E-state index contributed by atoms with van der Waals surface area (Å²) in [5.41, 5.74) is 0.430. The topological polar surface area (TPSA) is 108 Å². The number of hydrogen-bond donors (Lipinski definition) is 2. The van der Waals surface area contributed by atoms with E-state index in [9.17, 15) is 18.5 Å². The lowest BCUT2D eigenvalue weighted by molar-refractivity contribution is -0.384. The van der Waals surface area contributed by atoms with Crippen LogP contribution >= 0.6 is 0 Å². The van der Waals surface area contributed by atoms with Crippen molar-refractivity contribution in [2.75, 3.05) is 49.8 Å². The second-order valence-electron chi connectivity index (χ2n) is 7.48. The van der Waals surface area contributed by atoms with E-state index in [2.05, 4.69) is 33.8 Å². The van der Waals surface area contributed by atoms with Crippen molar-refractivity contribution < 1.29 is 13.3 Å². The normalized spacial score (nSPS) is 16.7. The Morgan fingerprint density at radius 2 is 1.77 bits per heavy atom. The molecule has 1 heterocycles. The van der Waals surface area contributed by atoms with Gasteiger partial charge in [-0.1, -0.05) is 18.2 Å². The van der Waals surface area contributed by atoms with Gasteiger partial charge in [-0.25, -0.2) is 8.42 Å². The van der Waals surface area contributed by atoms with Gasteiger partial charge in [-0.15, -0.1) is 0 Å². The number of nitrogens with one attached hydrogen (secondary N) is 2. The van der Waals surface area contributed by atoms with E-state index in [1.165, 1.54) is 12.1 Å². The average molecular weight is 434 g/mol. The van der Waals surface area contributed by atoms with Gasteiger partial charge in [0.1, 0.15) is 5.69 Å². The van der Waals surface area contributed by atoms with E-state index in [4.69, 9.17) is 0 Å². The predicted molar refractivity (Wildman–Crippen MR) is 117 cm³/mol. The molecule has 0 amide bonds. The molecule has 9 nitrogen and oxygen atoms in total. The SMILES string of the molecule is CC(CNc1ccc(S(=O)(=O)Nc2ccccc2)cc1[N+](=O)[O-])N1CCN(C)CC1. The fourth-order valence-corrected chi connectivity index (χ4v) is 4.43. The summed E-state index contributed by atoms with van der Waals surface area (Å²) in [6.07, 6.45) is 0. The maximum atomic E-state index is 12.6. The maximum absolute atomic E-state index is 12.6. The molecular weight excluding hydrogens is 406 g/mol. The number of likely N-dealkylation sites (N-methyl/N-ethyl adjacent to an activating group) is 1. The number of nitrogens with zero attached hydrogens (tertiary/aromatic N) is 3. The summed E-state index contributed by atoms with van der Waals surface area (Å²) in [4.78, 5) is 15.5. The van der Waals surface area contributed by atoms with Gasteiger partial charge in [0.2, 0.25) is 0 Å². The van der Waals surface area contributed by atoms with Crippen LogP contribution < -0.4 is 10.0 Å². The Morgan fingerprint density at radius 1 is 1.10 bits per heavy atom. The number of sulfonamides is 1. The van der Waals surface area contributed by atoms with E-state index >= 15 is 0 Å². The third-order valence-electron chi connectivity index (χ3n) is 5.25. The molecule has 0 saturated carbocycles. The van der Waals surface area contributed by atoms with E-state index in [-0.39, 0.29) is 16.6 Å². The molecule has 30 heavy (non-hydrogen) atoms. The van der Waals surface area contributed by atoms with Crippen molar-refractivity contribution >= 4 is 27.1 Å². The summed E-state index contributed by atoms with van der Waals surface area (Å²) < 4.78 is 27.7. The molecule has 2 aromatic rings. The van der Waals surface area contributed by atoms with Gasteiger partial charge in [-0.05, 0) is 38.2 Å². The first-order valence-electron chi connectivity index (χ1n) is 9.79. The molecule has 0 aromatic heterocycles. The van der Waals surface area contributed by atoms with Crippen LogP contribution in [0.2, 0.25) is 0 Å². The highest BCUT2D eigenvalue weighted by atomic mass is 32.2. The van der Waals surface area contributed by atoms with Gasteiger partial charge in [0.05, 0.1) is 9.82 Å². The van der Waals surface area contributed by atoms with Crippen LogP contribution in [-0.4, -0.2) is 69.0 Å². The Kier molecular flexibility index (Phi) is 6.91. The van der Waals surface area contributed by atoms with Crippen molar-refractivity contribution in [3.63, 3.8) is 0 Å². The van der Waals surface area contributed by atoms with Crippen LogP contribution in [0.25, 0.3) is 0 Å². The van der Waals surface area contributed by atoms with Crippen molar-refractivity contribution in [1.82, 2.24) is 9.80 Å². The molecule has 0 radical (unpaired) electrons. The monoisotopic (exact) mass is 433 g/mol. The molecule has 1 aliphatic rings. The molecule has 1 aliphatic heterocycles. The Bertz CT molecular complexity index is 976. The first-order chi connectivity index (χ1) is 14.3. The summed E-state index contributed by atoms with van der Waals surface area (Å²) in [5.74, 6) is 0. The van der Waals surface area contributed by atoms with Gasteiger partial charge < -0.3 is 10.2 Å². The Balaban J connectivity index is 1.73. The van der Waals surface area contributed by atoms with Gasteiger partial charge >= 0.3 is 0 Å². The quantitative estimate of drug-likeness (QED) is 0.486. The highest BCUT2D eigenvalue weighted by molar-refractivity contribution is 7.92. The number of hydrogen-bond acceptors (Lipinski definition) is 7. The van der Waals surface area contributed by atoms with Crippen molar-refractivity contribution in [3.8, 4) is 0 Å². The number of para-hydroxylation sites is 1. The molecule has 2 aromatic carbocycles. The Hall–Kier alpha value is -2.69. The molecule has 1 saturated heterocycles. The molecule has 10 heteroatoms. The van der Waals surface area contributed by atoms with Crippen LogP contribution in [0, 0.1) is 10.1 Å². The van der Waals surface area contributed by atoms with Gasteiger partial charge in [-0.2, -0.15) is 0 Å². The molecule has 1 atom stereocenters. The summed E-state index contributed by atoms with van der Waals surface area (Å²) in [6, 6.07) is 12.5. The van der Waals surface area contributed by atoms with Crippen LogP contribution in [0.5, 0.6) is 0 Å². The number of benzene rings is 2. The van der Waals surface area contributed by atoms with Crippen LogP contribution in [-0.2, 0) is 10.0 Å². The smallest absolute Gasteiger partial charge is 0.293 e. The zero-order valence-corrected chi connectivity index (χ0v) is 17.9. The fourth-order valence-electron chi connectivity index (χ4n) is 3.35. The Morgan fingerprint density at radius 3 is 2.40 bits per heavy atom. The minimum absolute atomic E-state index is 0.157. The minimum Gasteiger partial charge on any atom is -0.378 e. The minimum atomic E-state index is -3.93. The van der Waals surface area contributed by atoms with Crippen molar-refractivity contribution in [2.24, 2.45) is 0 Å². The lowest BCUT2D eigenvalue weighted by atomic mass is 10.2. The molecule has 2 N–H and O–H groups in total. The largest absolute Gasteiger partial charge is 0.378 e. The zero-order chi connectivity index (χ0) is 21.7. The molecule has 3 rings (SSSR count). The second-order valence-corrected chi connectivity index (χ2v) is 9.16. The van der Waals surface area contributed by atoms with Crippen molar-refractivity contribution in [2.45, 2.75) is 17.9 Å². The summed E-state index contributed by atoms with van der Waals surface area (Å²) in [5, 5.41) is 14.7. The standard InChI is InChI=1S/C20H27N5O4S/c1-16(24-12-10-23(2)11-13-24)15-21-19-9-8-18(14-20(19)25(26)27)30(28,29)22-17-6-4-3-5-7-17/h3-9,14,16,21-22H,10-13,15H2,1-2H3. The van der Waals surface area contributed by atoms with Gasteiger partial charge in [0.15, 0.2) is 0 Å². The van der Waals surface area contributed by atoms with E-state index < -0.39 is 14.9 Å². The van der Waals surface area contributed by atoms with Gasteiger partial charge in [0.25, 0.3) is 15.7 Å². The third kappa shape index (κ3) is 5.47. The first-order valence-corrected chi connectivity index (χ1v) is 11.3. The van der Waals surface area contributed by atoms with Gasteiger partial charge in [-0.3, -0.25) is 19.7 Å². The maximum Gasteiger partial charge on any atom is 0.293 e. The van der Waals surface area contributed by atoms with E-state index in [1.807, 2.05) is 0 Å². The number of piperazine rings is 1. The summed E-state index contributed by atoms with van der Waals surface area (Å²) >= 11 is 0. The zero-order valence-electron chi connectivity index (χ0n) is 17.1. The second kappa shape index (κ2) is 9.41. The van der Waals surface area contributed by atoms with Crippen LogP contribution in [0.4, 0.5) is 17.1 Å². The van der Waals surface area contributed by atoms with Crippen LogP contribution in [0.1, 0.15) is 6.92 Å². The number of anilines is 2. The highest BCUT2D eigenvalue weighted by Gasteiger charge is 2.23. The molecule has 0 spiro atoms. The van der Waals surface area contributed by atoms with Crippen molar-refractivity contribution in [1.29, 1.82) is 0 Å². The molecule has 1 unspecified atom stereocenters. The molecule has 0 aliphatic carbocycles. The Labute approximate surface area is 176 Å².